The zero-order valence-corrected chi connectivity index (χ0v) is 16.4. The molecule has 0 bridgehead atoms. The monoisotopic (exact) mass is 381 g/mol. The van der Waals surface area contributed by atoms with Crippen molar-refractivity contribution >= 4 is 11.6 Å². The molecule has 1 amide bonds. The van der Waals surface area contributed by atoms with Gasteiger partial charge in [-0.15, -0.1) is 0 Å². The van der Waals surface area contributed by atoms with Crippen LogP contribution >= 0.6 is 0 Å². The van der Waals surface area contributed by atoms with Crippen molar-refractivity contribution in [1.82, 2.24) is 10.2 Å². The summed E-state index contributed by atoms with van der Waals surface area (Å²) in [7, 11) is 0. The number of likely N-dealkylation sites (tertiary alicyclic amines) is 1. The van der Waals surface area contributed by atoms with Crippen LogP contribution in [0.5, 0.6) is 0 Å². The molecule has 2 heterocycles. The van der Waals surface area contributed by atoms with Crippen LogP contribution in [-0.2, 0) is 11.3 Å². The molecule has 0 aliphatic carbocycles. The molecule has 1 fully saturated rings. The van der Waals surface area contributed by atoms with Crippen molar-refractivity contribution in [2.45, 2.75) is 50.7 Å². The maximum absolute atomic E-state index is 13.1. The third-order valence-corrected chi connectivity index (χ3v) is 6.16. The molecule has 0 aromatic heterocycles. The van der Waals surface area contributed by atoms with Crippen molar-refractivity contribution in [2.24, 2.45) is 0 Å². The molecular weight excluding hydrogens is 353 g/mol. The molecule has 1 saturated heterocycles. The SMILES string of the molecule is CC(=O)N[C@@H]1CCC2(CCN(Cc3ccc(F)cc3)CC2)Nc2ccccc21. The first-order valence-electron chi connectivity index (χ1n) is 10.1. The van der Waals surface area contributed by atoms with E-state index >= 15 is 0 Å². The van der Waals surface area contributed by atoms with Crippen LogP contribution in [0.4, 0.5) is 10.1 Å². The molecular formula is C23H28FN3O. The molecule has 5 heteroatoms. The lowest BCUT2D eigenvalue weighted by atomic mass is 9.82. The Morgan fingerprint density at radius 1 is 1.14 bits per heavy atom. The number of fused-ring (bicyclic) bond motifs is 1. The minimum Gasteiger partial charge on any atom is -0.379 e. The summed E-state index contributed by atoms with van der Waals surface area (Å²) in [5.74, 6) is -0.165. The van der Waals surface area contributed by atoms with Crippen molar-refractivity contribution in [3.63, 3.8) is 0 Å². The molecule has 2 aromatic carbocycles. The Balaban J connectivity index is 1.45. The van der Waals surface area contributed by atoms with E-state index in [9.17, 15) is 9.18 Å². The van der Waals surface area contributed by atoms with Crippen molar-refractivity contribution in [2.75, 3.05) is 18.4 Å². The van der Waals surface area contributed by atoms with Crippen LogP contribution < -0.4 is 10.6 Å². The molecule has 4 nitrogen and oxygen atoms in total. The first-order chi connectivity index (χ1) is 13.5. The number of hydrogen-bond acceptors (Lipinski definition) is 3. The first kappa shape index (κ1) is 18.9. The van der Waals surface area contributed by atoms with Crippen LogP contribution in [0.3, 0.4) is 0 Å². The quantitative estimate of drug-likeness (QED) is 0.836. The molecule has 2 aliphatic heterocycles. The van der Waals surface area contributed by atoms with Gasteiger partial charge < -0.3 is 10.6 Å². The maximum Gasteiger partial charge on any atom is 0.217 e. The number of carbonyl (C=O) groups excluding carboxylic acids is 1. The third kappa shape index (κ3) is 4.20. The fourth-order valence-electron chi connectivity index (χ4n) is 4.60. The smallest absolute Gasteiger partial charge is 0.217 e. The molecule has 1 atom stereocenters. The van der Waals surface area contributed by atoms with E-state index in [0.717, 1.165) is 56.6 Å². The van der Waals surface area contributed by atoms with Gasteiger partial charge in [0.15, 0.2) is 0 Å². The number of rotatable bonds is 3. The summed E-state index contributed by atoms with van der Waals surface area (Å²) >= 11 is 0. The highest BCUT2D eigenvalue weighted by atomic mass is 19.1. The van der Waals surface area contributed by atoms with Gasteiger partial charge >= 0.3 is 0 Å². The van der Waals surface area contributed by atoms with Crippen LogP contribution in [0.1, 0.15) is 49.8 Å². The second-order valence-corrected chi connectivity index (χ2v) is 8.19. The number of halogens is 1. The maximum atomic E-state index is 13.1. The van der Waals surface area contributed by atoms with E-state index in [0.29, 0.717) is 0 Å². The predicted octanol–water partition coefficient (Wildman–Crippen LogP) is 4.24. The van der Waals surface area contributed by atoms with E-state index in [2.05, 4.69) is 33.7 Å². The lowest BCUT2D eigenvalue weighted by Gasteiger charge is -2.42. The van der Waals surface area contributed by atoms with Gasteiger partial charge in [-0.25, -0.2) is 4.39 Å². The van der Waals surface area contributed by atoms with Crippen molar-refractivity contribution in [1.29, 1.82) is 0 Å². The van der Waals surface area contributed by atoms with Gasteiger partial charge in [-0.05, 0) is 55.0 Å². The highest BCUT2D eigenvalue weighted by Gasteiger charge is 2.38. The lowest BCUT2D eigenvalue weighted by Crippen LogP contribution is -2.48. The summed E-state index contributed by atoms with van der Waals surface area (Å²) in [6, 6.07) is 15.2. The van der Waals surface area contributed by atoms with Gasteiger partial charge in [0, 0.05) is 37.8 Å². The van der Waals surface area contributed by atoms with E-state index in [1.54, 1.807) is 6.92 Å². The van der Waals surface area contributed by atoms with E-state index < -0.39 is 0 Å². The Bertz CT molecular complexity index is 828. The average Bonchev–Trinajstić information content (AvgIpc) is 2.83. The predicted molar refractivity (Wildman–Crippen MR) is 109 cm³/mol. The number of nitrogens with one attached hydrogen (secondary N) is 2. The highest BCUT2D eigenvalue weighted by molar-refractivity contribution is 5.74. The zero-order chi connectivity index (χ0) is 19.6. The molecule has 0 saturated carbocycles. The topological polar surface area (TPSA) is 44.4 Å². The van der Waals surface area contributed by atoms with Gasteiger partial charge in [0.2, 0.25) is 5.91 Å². The normalized spacial score (nSPS) is 21.4. The summed E-state index contributed by atoms with van der Waals surface area (Å²) in [4.78, 5) is 14.1. The minimum absolute atomic E-state index is 0.0184. The van der Waals surface area contributed by atoms with Crippen molar-refractivity contribution in [3.8, 4) is 0 Å². The Hall–Kier alpha value is -2.40. The number of carbonyl (C=O) groups is 1. The molecule has 4 rings (SSSR count). The Kier molecular flexibility index (Phi) is 5.36. The number of hydrogen-bond donors (Lipinski definition) is 2. The van der Waals surface area contributed by atoms with Gasteiger partial charge in [-0.2, -0.15) is 0 Å². The fourth-order valence-corrected chi connectivity index (χ4v) is 4.60. The Morgan fingerprint density at radius 2 is 1.86 bits per heavy atom. The lowest BCUT2D eigenvalue weighted by molar-refractivity contribution is -0.119. The molecule has 0 unspecified atom stereocenters. The van der Waals surface area contributed by atoms with Crippen LogP contribution in [0, 0.1) is 5.82 Å². The van der Waals surface area contributed by atoms with Gasteiger partial charge in [-0.3, -0.25) is 9.69 Å². The summed E-state index contributed by atoms with van der Waals surface area (Å²) in [5.41, 5.74) is 3.55. The van der Waals surface area contributed by atoms with Crippen LogP contribution in [0.15, 0.2) is 48.5 Å². The summed E-state index contributed by atoms with van der Waals surface area (Å²) in [6.45, 7) is 4.47. The first-order valence-corrected chi connectivity index (χ1v) is 10.1. The number of amides is 1. The number of nitrogens with zero attached hydrogens (tertiary/aromatic N) is 1. The molecule has 0 radical (unpaired) electrons. The van der Waals surface area contributed by atoms with Gasteiger partial charge in [-0.1, -0.05) is 30.3 Å². The fraction of sp³-hybridized carbons (Fsp3) is 0.435. The molecule has 148 valence electrons. The van der Waals surface area contributed by atoms with E-state index in [4.69, 9.17) is 0 Å². The standard InChI is InChI=1S/C23H28FN3O/c1-17(28)25-21-10-11-23(26-22-5-3-2-4-20(21)22)12-14-27(15-13-23)16-18-6-8-19(24)9-7-18/h2-9,21,26H,10-16H2,1H3,(H,25,28)/t21-/m1/s1. The van der Waals surface area contributed by atoms with Crippen LogP contribution in [-0.4, -0.2) is 29.4 Å². The zero-order valence-electron chi connectivity index (χ0n) is 16.4. The largest absolute Gasteiger partial charge is 0.379 e. The van der Waals surface area contributed by atoms with Gasteiger partial charge in [0.25, 0.3) is 0 Å². The van der Waals surface area contributed by atoms with Gasteiger partial charge in [0.1, 0.15) is 5.82 Å². The molecule has 2 N–H and O–H groups in total. The summed E-state index contributed by atoms with van der Waals surface area (Å²) in [5, 5.41) is 6.97. The second kappa shape index (κ2) is 7.92. The summed E-state index contributed by atoms with van der Waals surface area (Å²) < 4.78 is 13.1. The van der Waals surface area contributed by atoms with Crippen LogP contribution in [0.25, 0.3) is 0 Å². The number of anilines is 1. The number of piperidine rings is 1. The minimum atomic E-state index is -0.184. The Morgan fingerprint density at radius 3 is 2.57 bits per heavy atom. The molecule has 1 spiro atoms. The van der Waals surface area contributed by atoms with Crippen molar-refractivity contribution in [3.05, 3.63) is 65.5 Å². The van der Waals surface area contributed by atoms with E-state index in [1.807, 2.05) is 18.2 Å². The van der Waals surface area contributed by atoms with Gasteiger partial charge in [0.05, 0.1) is 6.04 Å². The van der Waals surface area contributed by atoms with Crippen LogP contribution in [0.2, 0.25) is 0 Å². The average molecular weight is 381 g/mol. The third-order valence-electron chi connectivity index (χ3n) is 6.16. The summed E-state index contributed by atoms with van der Waals surface area (Å²) in [6.07, 6.45) is 4.11. The van der Waals surface area contributed by atoms with E-state index in [1.165, 1.54) is 17.7 Å². The number of para-hydroxylation sites is 1. The molecule has 2 aliphatic rings. The molecule has 2 aromatic rings. The van der Waals surface area contributed by atoms with E-state index in [-0.39, 0.29) is 23.3 Å². The number of benzene rings is 2. The molecule has 28 heavy (non-hydrogen) atoms. The second-order valence-electron chi connectivity index (χ2n) is 8.19. The highest BCUT2D eigenvalue weighted by Crippen LogP contribution is 2.40. The Labute approximate surface area is 166 Å². The van der Waals surface area contributed by atoms with Crippen molar-refractivity contribution < 1.29 is 9.18 Å².